The number of halogens is 1. The second kappa shape index (κ2) is 4.58. The maximum atomic E-state index is 4.65. The van der Waals surface area contributed by atoms with Gasteiger partial charge in [-0.1, -0.05) is 34.1 Å². The van der Waals surface area contributed by atoms with E-state index in [0.29, 0.717) is 0 Å². The Morgan fingerprint density at radius 2 is 2.06 bits per heavy atom. The summed E-state index contributed by atoms with van der Waals surface area (Å²) in [4.78, 5) is 4.65. The summed E-state index contributed by atoms with van der Waals surface area (Å²) in [6.45, 7) is 2.09. The van der Waals surface area contributed by atoms with Crippen LogP contribution in [0.5, 0.6) is 0 Å². The lowest BCUT2D eigenvalue weighted by atomic mass is 10.1. The normalized spacial score (nSPS) is 11.0. The SMILES string of the molecule is Cc1ccn2cc(Cc3ccccc3Br)nc2c1. The molecule has 0 N–H and O–H groups in total. The summed E-state index contributed by atoms with van der Waals surface area (Å²) in [5, 5.41) is 0. The molecule has 0 bridgehead atoms. The van der Waals surface area contributed by atoms with Crippen molar-refractivity contribution in [3.05, 3.63) is 70.1 Å². The summed E-state index contributed by atoms with van der Waals surface area (Å²) >= 11 is 3.57. The lowest BCUT2D eigenvalue weighted by molar-refractivity contribution is 1.10. The van der Waals surface area contributed by atoms with E-state index >= 15 is 0 Å². The number of benzene rings is 1. The summed E-state index contributed by atoms with van der Waals surface area (Å²) < 4.78 is 3.21. The number of imidazole rings is 1. The van der Waals surface area contributed by atoms with Crippen LogP contribution in [0, 0.1) is 6.92 Å². The molecule has 0 saturated heterocycles. The predicted molar refractivity (Wildman–Crippen MR) is 76.9 cm³/mol. The lowest BCUT2D eigenvalue weighted by Gasteiger charge is -2.00. The Hall–Kier alpha value is -1.61. The van der Waals surface area contributed by atoms with Crippen molar-refractivity contribution < 1.29 is 0 Å². The molecule has 0 aliphatic rings. The maximum Gasteiger partial charge on any atom is 0.137 e. The summed E-state index contributed by atoms with van der Waals surface area (Å²) in [6.07, 6.45) is 5.00. The highest BCUT2D eigenvalue weighted by molar-refractivity contribution is 9.10. The average Bonchev–Trinajstić information content (AvgIpc) is 2.73. The second-order valence-electron chi connectivity index (χ2n) is 4.47. The van der Waals surface area contributed by atoms with Crippen LogP contribution in [0.25, 0.3) is 5.65 Å². The molecule has 2 heterocycles. The van der Waals surface area contributed by atoms with Crippen LogP contribution in [0.1, 0.15) is 16.8 Å². The van der Waals surface area contributed by atoms with Crippen molar-refractivity contribution in [3.8, 4) is 0 Å². The van der Waals surface area contributed by atoms with Gasteiger partial charge in [0.25, 0.3) is 0 Å². The van der Waals surface area contributed by atoms with Crippen LogP contribution >= 0.6 is 15.9 Å². The van der Waals surface area contributed by atoms with Gasteiger partial charge in [-0.2, -0.15) is 0 Å². The number of nitrogens with zero attached hydrogens (tertiary/aromatic N) is 2. The van der Waals surface area contributed by atoms with Crippen LogP contribution in [-0.4, -0.2) is 9.38 Å². The molecule has 0 atom stereocenters. The van der Waals surface area contributed by atoms with Gasteiger partial charge in [0.2, 0.25) is 0 Å². The fourth-order valence-electron chi connectivity index (χ4n) is 2.06. The predicted octanol–water partition coefficient (Wildman–Crippen LogP) is 4.00. The first-order valence-corrected chi connectivity index (χ1v) is 6.69. The summed E-state index contributed by atoms with van der Waals surface area (Å²) in [6, 6.07) is 12.5. The third-order valence-electron chi connectivity index (χ3n) is 3.00. The molecular formula is C15H13BrN2. The van der Waals surface area contributed by atoms with Crippen LogP contribution in [0.2, 0.25) is 0 Å². The van der Waals surface area contributed by atoms with E-state index in [1.165, 1.54) is 11.1 Å². The summed E-state index contributed by atoms with van der Waals surface area (Å²) in [5.74, 6) is 0. The van der Waals surface area contributed by atoms with Crippen molar-refractivity contribution in [3.63, 3.8) is 0 Å². The summed E-state index contributed by atoms with van der Waals surface area (Å²) in [7, 11) is 0. The first-order valence-electron chi connectivity index (χ1n) is 5.90. The zero-order valence-electron chi connectivity index (χ0n) is 10.1. The second-order valence-corrected chi connectivity index (χ2v) is 5.32. The van der Waals surface area contributed by atoms with Gasteiger partial charge in [-0.15, -0.1) is 0 Å². The molecular weight excluding hydrogens is 288 g/mol. The molecule has 1 aromatic carbocycles. The van der Waals surface area contributed by atoms with Gasteiger partial charge >= 0.3 is 0 Å². The minimum absolute atomic E-state index is 0.849. The molecule has 0 unspecified atom stereocenters. The fourth-order valence-corrected chi connectivity index (χ4v) is 2.48. The van der Waals surface area contributed by atoms with Gasteiger partial charge < -0.3 is 4.40 Å². The molecule has 0 saturated carbocycles. The Morgan fingerprint density at radius 3 is 2.89 bits per heavy atom. The van der Waals surface area contributed by atoms with Crippen LogP contribution in [0.3, 0.4) is 0 Å². The van der Waals surface area contributed by atoms with Gasteiger partial charge in [-0.3, -0.25) is 0 Å². The number of pyridine rings is 1. The topological polar surface area (TPSA) is 17.3 Å². The Balaban J connectivity index is 1.98. The van der Waals surface area contributed by atoms with Crippen LogP contribution in [0.4, 0.5) is 0 Å². The molecule has 18 heavy (non-hydrogen) atoms. The Bertz CT molecular complexity index is 701. The number of fused-ring (bicyclic) bond motifs is 1. The molecule has 3 aromatic rings. The van der Waals surface area contributed by atoms with Crippen molar-refractivity contribution in [2.75, 3.05) is 0 Å². The molecule has 0 radical (unpaired) electrons. The highest BCUT2D eigenvalue weighted by atomic mass is 79.9. The first kappa shape index (κ1) is 11.5. The van der Waals surface area contributed by atoms with Crippen LogP contribution < -0.4 is 0 Å². The minimum atomic E-state index is 0.849. The number of aromatic nitrogens is 2. The quantitative estimate of drug-likeness (QED) is 0.699. The van der Waals surface area contributed by atoms with Crippen molar-refractivity contribution in [1.82, 2.24) is 9.38 Å². The van der Waals surface area contributed by atoms with Crippen molar-refractivity contribution in [2.45, 2.75) is 13.3 Å². The van der Waals surface area contributed by atoms with Gasteiger partial charge in [0.15, 0.2) is 0 Å². The Kier molecular flexibility index (Phi) is 2.92. The number of rotatable bonds is 2. The van der Waals surface area contributed by atoms with E-state index in [1.807, 2.05) is 6.07 Å². The van der Waals surface area contributed by atoms with Crippen molar-refractivity contribution in [2.24, 2.45) is 0 Å². The highest BCUT2D eigenvalue weighted by Gasteiger charge is 2.05. The standard InChI is InChI=1S/C15H13BrN2/c1-11-6-7-18-10-13(17-15(18)8-11)9-12-4-2-3-5-14(12)16/h2-8,10H,9H2,1H3. The van der Waals surface area contributed by atoms with E-state index in [1.54, 1.807) is 0 Å². The highest BCUT2D eigenvalue weighted by Crippen LogP contribution is 2.19. The largest absolute Gasteiger partial charge is 0.307 e. The molecule has 0 aliphatic heterocycles. The molecule has 2 aromatic heterocycles. The van der Waals surface area contributed by atoms with Crippen molar-refractivity contribution >= 4 is 21.6 Å². The van der Waals surface area contributed by atoms with Gasteiger partial charge in [0.1, 0.15) is 5.65 Å². The molecule has 0 fully saturated rings. The first-order chi connectivity index (χ1) is 8.72. The van der Waals surface area contributed by atoms with E-state index in [-0.39, 0.29) is 0 Å². The average molecular weight is 301 g/mol. The third-order valence-corrected chi connectivity index (χ3v) is 3.77. The van der Waals surface area contributed by atoms with Gasteiger partial charge in [-0.05, 0) is 36.2 Å². The monoisotopic (exact) mass is 300 g/mol. The Morgan fingerprint density at radius 1 is 1.22 bits per heavy atom. The molecule has 3 rings (SSSR count). The van der Waals surface area contributed by atoms with Crippen molar-refractivity contribution in [1.29, 1.82) is 0 Å². The molecule has 90 valence electrons. The van der Waals surface area contributed by atoms with E-state index in [2.05, 4.69) is 75.0 Å². The van der Waals surface area contributed by atoms with E-state index in [0.717, 1.165) is 22.2 Å². The third kappa shape index (κ3) is 2.18. The van der Waals surface area contributed by atoms with Crippen LogP contribution in [-0.2, 0) is 6.42 Å². The lowest BCUT2D eigenvalue weighted by Crippen LogP contribution is -1.88. The smallest absolute Gasteiger partial charge is 0.137 e. The molecule has 0 spiro atoms. The number of hydrogen-bond donors (Lipinski definition) is 0. The molecule has 0 aliphatic carbocycles. The zero-order valence-corrected chi connectivity index (χ0v) is 11.7. The molecule has 2 nitrogen and oxygen atoms in total. The number of hydrogen-bond acceptors (Lipinski definition) is 1. The van der Waals surface area contributed by atoms with Gasteiger partial charge in [-0.25, -0.2) is 4.98 Å². The number of aryl methyl sites for hydroxylation is 1. The Labute approximate surface area is 114 Å². The fraction of sp³-hybridized carbons (Fsp3) is 0.133. The molecule has 0 amide bonds. The molecule has 3 heteroatoms. The van der Waals surface area contributed by atoms with E-state index in [9.17, 15) is 0 Å². The maximum absolute atomic E-state index is 4.65. The zero-order chi connectivity index (χ0) is 12.5. The van der Waals surface area contributed by atoms with Gasteiger partial charge in [0, 0.05) is 23.3 Å². The van der Waals surface area contributed by atoms with Gasteiger partial charge in [0.05, 0.1) is 5.69 Å². The minimum Gasteiger partial charge on any atom is -0.307 e. The van der Waals surface area contributed by atoms with E-state index < -0.39 is 0 Å². The van der Waals surface area contributed by atoms with Crippen LogP contribution in [0.15, 0.2) is 53.3 Å². The van der Waals surface area contributed by atoms with E-state index in [4.69, 9.17) is 0 Å². The summed E-state index contributed by atoms with van der Waals surface area (Å²) in [5.41, 5.74) is 4.60.